The van der Waals surface area contributed by atoms with Gasteiger partial charge in [0.25, 0.3) is 5.91 Å². The highest BCUT2D eigenvalue weighted by molar-refractivity contribution is 6.30. The summed E-state index contributed by atoms with van der Waals surface area (Å²) in [4.78, 5) is 20.8. The summed E-state index contributed by atoms with van der Waals surface area (Å²) in [7, 11) is 0. The van der Waals surface area contributed by atoms with Crippen molar-refractivity contribution in [2.75, 3.05) is 10.6 Å². The fourth-order valence-corrected chi connectivity index (χ4v) is 2.54. The number of hydrogen-bond donors (Lipinski definition) is 2. The van der Waals surface area contributed by atoms with Gasteiger partial charge in [-0.2, -0.15) is 5.26 Å². The first-order valence-corrected chi connectivity index (χ1v) is 8.11. The molecule has 0 saturated heterocycles. The molecule has 0 aliphatic heterocycles. The molecule has 128 valence electrons. The van der Waals surface area contributed by atoms with Crippen LogP contribution in [0.25, 0.3) is 0 Å². The van der Waals surface area contributed by atoms with Crippen molar-refractivity contribution in [3.8, 4) is 6.07 Å². The largest absolute Gasteiger partial charge is 0.323 e. The zero-order valence-corrected chi connectivity index (χ0v) is 14.6. The number of aryl methyl sites for hydroxylation is 1. The molecule has 0 atom stereocenters. The Kier molecular flexibility index (Phi) is 5.11. The SMILES string of the molecule is Cc1cc(Cl)ccc1NC(=O)c1ccnc(Nc2ccccc2C#N)n1. The Labute approximate surface area is 155 Å². The van der Waals surface area contributed by atoms with Crippen LogP contribution in [0, 0.1) is 18.3 Å². The van der Waals surface area contributed by atoms with Gasteiger partial charge in [-0.15, -0.1) is 0 Å². The molecule has 0 unspecified atom stereocenters. The third-order valence-electron chi connectivity index (χ3n) is 3.62. The zero-order chi connectivity index (χ0) is 18.5. The number of nitrogens with zero attached hydrogens (tertiary/aromatic N) is 3. The maximum Gasteiger partial charge on any atom is 0.274 e. The Balaban J connectivity index is 1.80. The van der Waals surface area contributed by atoms with Gasteiger partial charge < -0.3 is 10.6 Å². The van der Waals surface area contributed by atoms with E-state index >= 15 is 0 Å². The molecule has 3 aromatic rings. The molecule has 26 heavy (non-hydrogen) atoms. The van der Waals surface area contributed by atoms with Gasteiger partial charge in [0.1, 0.15) is 11.8 Å². The molecule has 1 amide bonds. The molecule has 0 bridgehead atoms. The van der Waals surface area contributed by atoms with Crippen LogP contribution in [0.3, 0.4) is 0 Å². The Hall–Kier alpha value is -3.43. The number of amides is 1. The van der Waals surface area contributed by atoms with E-state index in [-0.39, 0.29) is 17.5 Å². The lowest BCUT2D eigenvalue weighted by atomic mass is 10.2. The fourth-order valence-electron chi connectivity index (χ4n) is 2.31. The van der Waals surface area contributed by atoms with Crippen LogP contribution in [0.1, 0.15) is 21.6 Å². The molecule has 7 heteroatoms. The minimum absolute atomic E-state index is 0.200. The number of carbonyl (C=O) groups excluding carboxylic acids is 1. The second-order valence-corrected chi connectivity index (χ2v) is 5.90. The number of rotatable bonds is 4. The van der Waals surface area contributed by atoms with E-state index in [1.54, 1.807) is 42.5 Å². The van der Waals surface area contributed by atoms with Gasteiger partial charge in [0.15, 0.2) is 0 Å². The smallest absolute Gasteiger partial charge is 0.274 e. The Morgan fingerprint density at radius 2 is 1.96 bits per heavy atom. The maximum atomic E-state index is 12.5. The maximum absolute atomic E-state index is 12.5. The molecule has 6 nitrogen and oxygen atoms in total. The quantitative estimate of drug-likeness (QED) is 0.720. The van der Waals surface area contributed by atoms with Gasteiger partial charge in [0, 0.05) is 16.9 Å². The van der Waals surface area contributed by atoms with Crippen molar-refractivity contribution in [3.63, 3.8) is 0 Å². The van der Waals surface area contributed by atoms with Crippen molar-refractivity contribution in [2.24, 2.45) is 0 Å². The lowest BCUT2D eigenvalue weighted by Gasteiger charge is -2.10. The van der Waals surface area contributed by atoms with E-state index in [1.807, 2.05) is 6.92 Å². The highest BCUT2D eigenvalue weighted by atomic mass is 35.5. The zero-order valence-electron chi connectivity index (χ0n) is 13.8. The molecule has 3 rings (SSSR count). The summed E-state index contributed by atoms with van der Waals surface area (Å²) in [6.07, 6.45) is 1.48. The summed E-state index contributed by atoms with van der Waals surface area (Å²) in [5, 5.41) is 15.5. The normalized spacial score (nSPS) is 10.0. The standard InChI is InChI=1S/C19H14ClN5O/c1-12-10-14(20)6-7-15(12)23-18(26)17-8-9-22-19(25-17)24-16-5-3-2-4-13(16)11-21/h2-10H,1H3,(H,23,26)(H,22,24,25). The van der Waals surface area contributed by atoms with Crippen molar-refractivity contribution >= 4 is 34.8 Å². The first-order chi connectivity index (χ1) is 12.6. The van der Waals surface area contributed by atoms with E-state index < -0.39 is 0 Å². The third kappa shape index (κ3) is 3.97. The van der Waals surface area contributed by atoms with Crippen LogP contribution < -0.4 is 10.6 Å². The second-order valence-electron chi connectivity index (χ2n) is 5.46. The monoisotopic (exact) mass is 363 g/mol. The number of carbonyl (C=O) groups is 1. The molecule has 0 aliphatic carbocycles. The van der Waals surface area contributed by atoms with E-state index in [1.165, 1.54) is 12.3 Å². The van der Waals surface area contributed by atoms with E-state index in [9.17, 15) is 4.79 Å². The fraction of sp³-hybridized carbons (Fsp3) is 0.0526. The summed E-state index contributed by atoms with van der Waals surface area (Å²) in [6, 6.07) is 15.8. The first-order valence-electron chi connectivity index (χ1n) is 7.73. The number of nitrogens with one attached hydrogen (secondary N) is 2. The molecule has 0 fully saturated rings. The van der Waals surface area contributed by atoms with Crippen molar-refractivity contribution in [1.29, 1.82) is 5.26 Å². The number of anilines is 3. The second kappa shape index (κ2) is 7.64. The Morgan fingerprint density at radius 3 is 2.73 bits per heavy atom. The number of halogens is 1. The van der Waals surface area contributed by atoms with Crippen molar-refractivity contribution < 1.29 is 4.79 Å². The van der Waals surface area contributed by atoms with Gasteiger partial charge in [0.05, 0.1) is 11.3 Å². The topological polar surface area (TPSA) is 90.7 Å². The summed E-state index contributed by atoms with van der Waals surface area (Å²) in [5.41, 5.74) is 2.73. The molecule has 0 saturated carbocycles. The minimum Gasteiger partial charge on any atom is -0.323 e. The number of aromatic nitrogens is 2. The lowest BCUT2D eigenvalue weighted by Crippen LogP contribution is -2.15. The Bertz CT molecular complexity index is 1010. The molecule has 0 spiro atoms. The lowest BCUT2D eigenvalue weighted by molar-refractivity contribution is 0.102. The average Bonchev–Trinajstić information content (AvgIpc) is 2.64. The summed E-state index contributed by atoms with van der Waals surface area (Å²) in [6.45, 7) is 1.85. The van der Waals surface area contributed by atoms with Crippen LogP contribution in [0.4, 0.5) is 17.3 Å². The van der Waals surface area contributed by atoms with Gasteiger partial charge in [-0.1, -0.05) is 23.7 Å². The molecular weight excluding hydrogens is 350 g/mol. The molecule has 2 N–H and O–H groups in total. The van der Waals surface area contributed by atoms with Gasteiger partial charge >= 0.3 is 0 Å². The molecule has 0 radical (unpaired) electrons. The third-order valence-corrected chi connectivity index (χ3v) is 3.85. The van der Waals surface area contributed by atoms with Gasteiger partial charge in [-0.3, -0.25) is 4.79 Å². The van der Waals surface area contributed by atoms with Crippen LogP contribution in [0.15, 0.2) is 54.7 Å². The molecule has 1 aromatic heterocycles. The van der Waals surface area contributed by atoms with Gasteiger partial charge in [0.2, 0.25) is 5.95 Å². The van der Waals surface area contributed by atoms with Crippen LogP contribution in [0.5, 0.6) is 0 Å². The molecule has 2 aromatic carbocycles. The highest BCUT2D eigenvalue weighted by Crippen LogP contribution is 2.21. The molecule has 1 heterocycles. The molecule has 0 aliphatic rings. The van der Waals surface area contributed by atoms with E-state index in [0.717, 1.165) is 5.56 Å². The number of benzene rings is 2. The number of para-hydroxylation sites is 1. The van der Waals surface area contributed by atoms with Gasteiger partial charge in [-0.05, 0) is 48.9 Å². The summed E-state index contributed by atoms with van der Waals surface area (Å²) >= 11 is 5.93. The highest BCUT2D eigenvalue weighted by Gasteiger charge is 2.11. The van der Waals surface area contributed by atoms with Crippen molar-refractivity contribution in [1.82, 2.24) is 9.97 Å². The van der Waals surface area contributed by atoms with E-state index in [0.29, 0.717) is 22.0 Å². The summed E-state index contributed by atoms with van der Waals surface area (Å²) in [5.74, 6) is -0.136. The Morgan fingerprint density at radius 1 is 1.15 bits per heavy atom. The summed E-state index contributed by atoms with van der Waals surface area (Å²) < 4.78 is 0. The van der Waals surface area contributed by atoms with Crippen LogP contribution in [-0.2, 0) is 0 Å². The van der Waals surface area contributed by atoms with Crippen LogP contribution in [0.2, 0.25) is 5.02 Å². The van der Waals surface area contributed by atoms with Crippen LogP contribution in [-0.4, -0.2) is 15.9 Å². The van der Waals surface area contributed by atoms with E-state index in [2.05, 4.69) is 26.7 Å². The van der Waals surface area contributed by atoms with Crippen molar-refractivity contribution in [3.05, 3.63) is 76.6 Å². The average molecular weight is 364 g/mol. The predicted molar refractivity (Wildman–Crippen MR) is 101 cm³/mol. The molecular formula is C19H14ClN5O. The first kappa shape index (κ1) is 17.4. The minimum atomic E-state index is -0.366. The number of hydrogen-bond acceptors (Lipinski definition) is 5. The van der Waals surface area contributed by atoms with Crippen LogP contribution >= 0.6 is 11.6 Å². The van der Waals surface area contributed by atoms with Crippen molar-refractivity contribution in [2.45, 2.75) is 6.92 Å². The van der Waals surface area contributed by atoms with Gasteiger partial charge in [-0.25, -0.2) is 9.97 Å². The number of nitriles is 1. The van der Waals surface area contributed by atoms with E-state index in [4.69, 9.17) is 16.9 Å². The predicted octanol–water partition coefficient (Wildman–Crippen LogP) is 4.31.